The van der Waals surface area contributed by atoms with Gasteiger partial charge in [0, 0.05) is 27.0 Å². The second kappa shape index (κ2) is 8.43. The number of carbonyl (C=O) groups excluding carboxylic acids is 3. The van der Waals surface area contributed by atoms with E-state index in [1.54, 1.807) is 0 Å². The minimum atomic E-state index is -1.13. The number of H-pyrrole nitrogens is 1. The predicted molar refractivity (Wildman–Crippen MR) is 84.9 cm³/mol. The molecule has 11 nitrogen and oxygen atoms in total. The minimum Gasteiger partial charge on any atom is -0.456 e. The summed E-state index contributed by atoms with van der Waals surface area (Å²) in [4.78, 5) is 51.5. The number of anilines is 1. The van der Waals surface area contributed by atoms with E-state index >= 15 is 0 Å². The summed E-state index contributed by atoms with van der Waals surface area (Å²) in [7, 11) is 0. The molecular weight excluding hydrogens is 350 g/mol. The van der Waals surface area contributed by atoms with Gasteiger partial charge in [0.1, 0.15) is 5.82 Å². The van der Waals surface area contributed by atoms with E-state index in [4.69, 9.17) is 18.9 Å². The van der Waals surface area contributed by atoms with Gasteiger partial charge >= 0.3 is 23.6 Å². The summed E-state index contributed by atoms with van der Waals surface area (Å²) in [6.07, 6.45) is -2.90. The maximum absolute atomic E-state index is 11.5. The topological polar surface area (TPSA) is 146 Å². The minimum absolute atomic E-state index is 0.123. The fourth-order valence-corrected chi connectivity index (χ4v) is 2.47. The zero-order chi connectivity index (χ0) is 19.3. The van der Waals surface area contributed by atoms with Gasteiger partial charge in [0.05, 0.1) is 6.61 Å². The molecule has 1 aliphatic heterocycles. The number of rotatable bonds is 5. The molecule has 2 N–H and O–H groups in total. The van der Waals surface area contributed by atoms with Crippen molar-refractivity contribution < 1.29 is 33.3 Å². The fraction of sp³-hybridized carbons (Fsp3) is 0.533. The first kappa shape index (κ1) is 19.4. The summed E-state index contributed by atoms with van der Waals surface area (Å²) in [6.45, 7) is 3.42. The Morgan fingerprint density at radius 3 is 2.31 bits per heavy atom. The highest BCUT2D eigenvalue weighted by molar-refractivity contribution is 5.68. The highest BCUT2D eigenvalue weighted by Gasteiger charge is 2.47. The Morgan fingerprint density at radius 2 is 1.73 bits per heavy atom. The average molecular weight is 369 g/mol. The fourth-order valence-electron chi connectivity index (χ4n) is 2.47. The number of ether oxygens (including phenoxy) is 4. The van der Waals surface area contributed by atoms with Crippen molar-refractivity contribution in [1.29, 1.82) is 0 Å². The molecule has 0 bridgehead atoms. The van der Waals surface area contributed by atoms with Crippen molar-refractivity contribution in [2.45, 2.75) is 45.3 Å². The third-order valence-electron chi connectivity index (χ3n) is 3.32. The summed E-state index contributed by atoms with van der Waals surface area (Å²) in [6, 6.07) is 1.47. The van der Waals surface area contributed by atoms with Crippen LogP contribution in [0.5, 0.6) is 0 Å². The van der Waals surface area contributed by atoms with Crippen LogP contribution in [0.15, 0.2) is 17.1 Å². The van der Waals surface area contributed by atoms with Gasteiger partial charge in [0.25, 0.3) is 0 Å². The molecule has 0 amide bonds. The molecule has 0 aliphatic carbocycles. The maximum Gasteiger partial charge on any atom is 0.346 e. The molecule has 2 rings (SSSR count). The number of aromatic amines is 1. The Bertz CT molecular complexity index is 734. The normalized spacial score (nSPS) is 25.0. The van der Waals surface area contributed by atoms with Gasteiger partial charge in [-0.25, -0.2) is 9.78 Å². The lowest BCUT2D eigenvalue weighted by atomic mass is 10.0. The smallest absolute Gasteiger partial charge is 0.346 e. The van der Waals surface area contributed by atoms with E-state index in [-0.39, 0.29) is 12.4 Å². The zero-order valence-corrected chi connectivity index (χ0v) is 14.4. The SMILES string of the molecule is CC(=O)O[C@@H]1[C@H](OC(C)=O)[C@@H](Nc2ccnc(=O)[nH]2)OC[C@@H]1OC(C)=O. The van der Waals surface area contributed by atoms with Crippen LogP contribution in [0.2, 0.25) is 0 Å². The lowest BCUT2D eigenvalue weighted by molar-refractivity contribution is -0.221. The molecule has 0 aromatic carbocycles. The van der Waals surface area contributed by atoms with Crippen molar-refractivity contribution in [1.82, 2.24) is 9.97 Å². The van der Waals surface area contributed by atoms with E-state index in [9.17, 15) is 19.2 Å². The van der Waals surface area contributed by atoms with Crippen molar-refractivity contribution in [3.63, 3.8) is 0 Å². The highest BCUT2D eigenvalue weighted by Crippen LogP contribution is 2.25. The van der Waals surface area contributed by atoms with Crippen LogP contribution < -0.4 is 11.0 Å². The first-order chi connectivity index (χ1) is 12.3. The zero-order valence-electron chi connectivity index (χ0n) is 14.4. The van der Waals surface area contributed by atoms with Gasteiger partial charge < -0.3 is 24.3 Å². The Kier molecular flexibility index (Phi) is 6.28. The van der Waals surface area contributed by atoms with Crippen LogP contribution in [0.3, 0.4) is 0 Å². The van der Waals surface area contributed by atoms with E-state index in [0.29, 0.717) is 0 Å². The summed E-state index contributed by atoms with van der Waals surface area (Å²) in [5.74, 6) is -1.67. The number of hydrogen-bond acceptors (Lipinski definition) is 10. The average Bonchev–Trinajstić information content (AvgIpc) is 2.51. The number of hydrogen-bond donors (Lipinski definition) is 2. The first-order valence-electron chi connectivity index (χ1n) is 7.71. The lowest BCUT2D eigenvalue weighted by Gasteiger charge is -2.40. The van der Waals surface area contributed by atoms with Gasteiger partial charge in [-0.05, 0) is 6.07 Å². The largest absolute Gasteiger partial charge is 0.456 e. The van der Waals surface area contributed by atoms with Crippen LogP contribution >= 0.6 is 0 Å². The second-order valence-corrected chi connectivity index (χ2v) is 5.48. The molecule has 0 saturated carbocycles. The number of esters is 3. The van der Waals surface area contributed by atoms with Gasteiger partial charge in [0.2, 0.25) is 0 Å². The molecule has 0 radical (unpaired) electrons. The number of aromatic nitrogens is 2. The van der Waals surface area contributed by atoms with Gasteiger partial charge in [-0.3, -0.25) is 19.4 Å². The molecule has 0 unspecified atom stereocenters. The van der Waals surface area contributed by atoms with E-state index < -0.39 is 48.1 Å². The van der Waals surface area contributed by atoms with Crippen molar-refractivity contribution >= 4 is 23.7 Å². The van der Waals surface area contributed by atoms with Crippen LogP contribution in [0.1, 0.15) is 20.8 Å². The van der Waals surface area contributed by atoms with Gasteiger partial charge in [-0.15, -0.1) is 0 Å². The molecule has 142 valence electrons. The standard InChI is InChI=1S/C15H19N3O8/c1-7(19)24-10-6-23-14(17-11-4-5-16-15(22)18-11)13(26-9(3)21)12(10)25-8(2)20/h4-5,10,12-14H,6H2,1-3H3,(H2,16,17,18,22)/t10-,12-,13-,14-/m0/s1. The van der Waals surface area contributed by atoms with E-state index in [2.05, 4.69) is 15.3 Å². The summed E-state index contributed by atoms with van der Waals surface area (Å²) in [5.41, 5.74) is -0.593. The quantitative estimate of drug-likeness (QED) is 0.506. The first-order valence-corrected chi connectivity index (χ1v) is 7.71. The van der Waals surface area contributed by atoms with Crippen LogP contribution in [-0.4, -0.2) is 59.0 Å². The molecule has 1 saturated heterocycles. The van der Waals surface area contributed by atoms with Crippen LogP contribution in [0.25, 0.3) is 0 Å². The van der Waals surface area contributed by atoms with Crippen molar-refractivity contribution in [3.8, 4) is 0 Å². The number of nitrogens with one attached hydrogen (secondary N) is 2. The van der Waals surface area contributed by atoms with Crippen molar-refractivity contribution in [2.24, 2.45) is 0 Å². The van der Waals surface area contributed by atoms with Crippen LogP contribution in [0.4, 0.5) is 5.82 Å². The Balaban J connectivity index is 2.28. The Hall–Kier alpha value is -2.95. The molecule has 11 heteroatoms. The van der Waals surface area contributed by atoms with E-state index in [0.717, 1.165) is 0 Å². The Morgan fingerprint density at radius 1 is 1.12 bits per heavy atom. The number of nitrogens with zero attached hydrogens (tertiary/aromatic N) is 1. The predicted octanol–water partition coefficient (Wildman–Crippen LogP) is -0.667. The van der Waals surface area contributed by atoms with Crippen LogP contribution in [0, 0.1) is 0 Å². The molecule has 26 heavy (non-hydrogen) atoms. The summed E-state index contributed by atoms with van der Waals surface area (Å²) >= 11 is 0. The van der Waals surface area contributed by atoms with Crippen LogP contribution in [-0.2, 0) is 33.3 Å². The van der Waals surface area contributed by atoms with Crippen molar-refractivity contribution in [2.75, 3.05) is 11.9 Å². The number of carbonyl (C=O) groups is 3. The third kappa shape index (κ3) is 5.28. The van der Waals surface area contributed by atoms with E-state index in [1.807, 2.05) is 0 Å². The second-order valence-electron chi connectivity index (χ2n) is 5.48. The van der Waals surface area contributed by atoms with E-state index in [1.165, 1.54) is 33.0 Å². The monoisotopic (exact) mass is 369 g/mol. The third-order valence-corrected chi connectivity index (χ3v) is 3.32. The van der Waals surface area contributed by atoms with Gasteiger partial charge in [0.15, 0.2) is 24.5 Å². The molecular formula is C15H19N3O8. The molecule has 1 fully saturated rings. The van der Waals surface area contributed by atoms with Gasteiger partial charge in [-0.2, -0.15) is 0 Å². The molecule has 1 aromatic heterocycles. The molecule has 2 heterocycles. The van der Waals surface area contributed by atoms with Crippen molar-refractivity contribution in [3.05, 3.63) is 22.7 Å². The maximum atomic E-state index is 11.5. The molecule has 0 spiro atoms. The summed E-state index contributed by atoms with van der Waals surface area (Å²) in [5, 5.41) is 2.83. The van der Waals surface area contributed by atoms with Gasteiger partial charge in [-0.1, -0.05) is 0 Å². The molecule has 4 atom stereocenters. The summed E-state index contributed by atoms with van der Waals surface area (Å²) < 4.78 is 21.1. The Labute approximate surface area is 148 Å². The molecule has 1 aliphatic rings. The lowest BCUT2D eigenvalue weighted by Crippen LogP contribution is -2.59. The molecule has 1 aromatic rings. The highest BCUT2D eigenvalue weighted by atomic mass is 16.6.